The summed E-state index contributed by atoms with van der Waals surface area (Å²) in [6, 6.07) is 8.39. The lowest BCUT2D eigenvalue weighted by Gasteiger charge is -2.40. The molecule has 1 fully saturated rings. The van der Waals surface area contributed by atoms with Gasteiger partial charge in [0.1, 0.15) is 29.1 Å². The average Bonchev–Trinajstić information content (AvgIpc) is 2.64. The second-order valence-electron chi connectivity index (χ2n) is 7.04. The highest BCUT2D eigenvalue weighted by Crippen LogP contribution is 2.41. The van der Waals surface area contributed by atoms with Crippen LogP contribution in [-0.2, 0) is 0 Å². The maximum absolute atomic E-state index is 9.78. The van der Waals surface area contributed by atoms with E-state index in [0.29, 0.717) is 28.7 Å². The topological polar surface area (TPSA) is 67.0 Å². The Bertz CT molecular complexity index is 815. The molecule has 0 radical (unpaired) electrons. The Morgan fingerprint density at radius 3 is 2.48 bits per heavy atom. The number of rotatable bonds is 2. The van der Waals surface area contributed by atoms with E-state index in [-0.39, 0.29) is 0 Å². The van der Waals surface area contributed by atoms with Crippen LogP contribution in [0.5, 0.6) is 0 Å². The van der Waals surface area contributed by atoms with Gasteiger partial charge in [0.05, 0.1) is 17.1 Å². The number of fused-ring (bicyclic) bond motifs is 1. The lowest BCUT2D eigenvalue weighted by atomic mass is 9.86. The number of nitriles is 2. The quantitative estimate of drug-likeness (QED) is 0.826. The van der Waals surface area contributed by atoms with E-state index < -0.39 is 0 Å². The Morgan fingerprint density at radius 2 is 1.88 bits per heavy atom. The number of aromatic nitrogens is 1. The molecule has 3 rings (SSSR count). The largest absolute Gasteiger partial charge is 0.369 e. The van der Waals surface area contributed by atoms with Crippen LogP contribution in [0.25, 0.3) is 5.70 Å². The zero-order valence-electron chi connectivity index (χ0n) is 15.1. The molecule has 0 N–H and O–H groups in total. The van der Waals surface area contributed by atoms with Crippen molar-refractivity contribution < 1.29 is 0 Å². The van der Waals surface area contributed by atoms with Crippen LogP contribution in [0.2, 0.25) is 0 Å². The van der Waals surface area contributed by atoms with E-state index in [1.807, 2.05) is 25.1 Å². The van der Waals surface area contributed by atoms with Gasteiger partial charge >= 0.3 is 0 Å². The summed E-state index contributed by atoms with van der Waals surface area (Å²) in [7, 11) is 3.92. The zero-order valence-corrected chi connectivity index (χ0v) is 15.1. The summed E-state index contributed by atoms with van der Waals surface area (Å²) < 4.78 is 0. The molecule has 0 spiro atoms. The number of hydrogen-bond donors (Lipinski definition) is 0. The molecule has 2 aliphatic rings. The molecule has 1 aromatic heterocycles. The molecular weight excluding hydrogens is 310 g/mol. The van der Waals surface area contributed by atoms with Crippen LogP contribution in [0.3, 0.4) is 0 Å². The second-order valence-corrected chi connectivity index (χ2v) is 7.04. The molecule has 5 heteroatoms. The summed E-state index contributed by atoms with van der Waals surface area (Å²) in [6.45, 7) is 6.40. The normalized spacial score (nSPS) is 22.9. The van der Waals surface area contributed by atoms with Crippen molar-refractivity contribution in [1.29, 1.82) is 10.5 Å². The molecule has 0 unspecified atom stereocenters. The number of allylic oxidation sites excluding steroid dienone is 1. The number of hydrogen-bond acceptors (Lipinski definition) is 5. The van der Waals surface area contributed by atoms with Crippen LogP contribution in [0.15, 0.2) is 30.0 Å². The van der Waals surface area contributed by atoms with Crippen molar-refractivity contribution in [2.45, 2.75) is 38.6 Å². The first-order valence-corrected chi connectivity index (χ1v) is 8.69. The standard InChI is InChI=1S/C20H23N5/c1-13-5-8-16(9-6-13)25(4)20-17(12-22)14(2)24(3)18-10-7-15(11-21)23-19(18)20/h7,10,13,16H,2,5-6,8-9H2,1,3-4H3. The van der Waals surface area contributed by atoms with E-state index in [4.69, 9.17) is 0 Å². The molecule has 1 saturated carbocycles. The van der Waals surface area contributed by atoms with Crippen molar-refractivity contribution in [1.82, 2.24) is 9.88 Å². The van der Waals surface area contributed by atoms with E-state index in [1.54, 1.807) is 6.07 Å². The van der Waals surface area contributed by atoms with Crippen LogP contribution in [0.1, 0.15) is 44.0 Å². The minimum Gasteiger partial charge on any atom is -0.369 e. The van der Waals surface area contributed by atoms with Crippen molar-refractivity contribution in [3.05, 3.63) is 41.4 Å². The van der Waals surface area contributed by atoms with Crippen LogP contribution in [0.4, 0.5) is 5.69 Å². The Hall–Kier alpha value is -2.79. The molecule has 2 heterocycles. The fraction of sp³-hybridized carbons (Fsp3) is 0.450. The van der Waals surface area contributed by atoms with Gasteiger partial charge in [0.25, 0.3) is 0 Å². The summed E-state index contributed by atoms with van der Waals surface area (Å²) in [4.78, 5) is 8.60. The van der Waals surface area contributed by atoms with Gasteiger partial charge in [-0.1, -0.05) is 13.5 Å². The van der Waals surface area contributed by atoms with Gasteiger partial charge < -0.3 is 9.80 Å². The third-order valence-electron chi connectivity index (χ3n) is 5.50. The number of anilines is 1. The van der Waals surface area contributed by atoms with Crippen molar-refractivity contribution in [2.75, 3.05) is 19.0 Å². The summed E-state index contributed by atoms with van der Waals surface area (Å²) in [5.41, 5.74) is 3.96. The lowest BCUT2D eigenvalue weighted by molar-refractivity contribution is 0.229. The van der Waals surface area contributed by atoms with Gasteiger partial charge in [-0.15, -0.1) is 0 Å². The predicted octanol–water partition coefficient (Wildman–Crippen LogP) is 3.66. The maximum atomic E-state index is 9.78. The fourth-order valence-electron chi connectivity index (χ4n) is 3.80. The smallest absolute Gasteiger partial charge is 0.141 e. The fourth-order valence-corrected chi connectivity index (χ4v) is 3.80. The van der Waals surface area contributed by atoms with Gasteiger partial charge in [-0.3, -0.25) is 0 Å². The Kier molecular flexibility index (Phi) is 4.51. The molecule has 25 heavy (non-hydrogen) atoms. The number of nitrogens with zero attached hydrogens (tertiary/aromatic N) is 5. The molecule has 5 nitrogen and oxygen atoms in total. The highest BCUT2D eigenvalue weighted by Gasteiger charge is 2.33. The Labute approximate surface area is 149 Å². The van der Waals surface area contributed by atoms with Crippen LogP contribution >= 0.6 is 0 Å². The summed E-state index contributed by atoms with van der Waals surface area (Å²) in [5.74, 6) is 0.761. The third kappa shape index (κ3) is 2.87. The SMILES string of the molecule is C=C1C(C#N)=C(N(C)C2CCC(C)CC2)c2nc(C#N)ccc2N1C. The van der Waals surface area contributed by atoms with E-state index in [9.17, 15) is 10.5 Å². The molecule has 1 aliphatic carbocycles. The Morgan fingerprint density at radius 1 is 1.20 bits per heavy atom. The molecule has 1 aliphatic heterocycles. The molecule has 0 atom stereocenters. The van der Waals surface area contributed by atoms with Crippen molar-refractivity contribution in [3.63, 3.8) is 0 Å². The molecule has 1 aromatic rings. The summed E-state index contributed by atoms with van der Waals surface area (Å²) >= 11 is 0. The van der Waals surface area contributed by atoms with Crippen LogP contribution < -0.4 is 4.90 Å². The van der Waals surface area contributed by atoms with E-state index >= 15 is 0 Å². The molecule has 0 bridgehead atoms. The zero-order chi connectivity index (χ0) is 18.1. The van der Waals surface area contributed by atoms with E-state index in [2.05, 4.69) is 35.5 Å². The first kappa shape index (κ1) is 17.0. The maximum Gasteiger partial charge on any atom is 0.141 e. The number of likely N-dealkylation sites (N-methyl/N-ethyl adjacent to an activating group) is 1. The van der Waals surface area contributed by atoms with Crippen molar-refractivity contribution in [3.8, 4) is 12.1 Å². The van der Waals surface area contributed by atoms with Crippen molar-refractivity contribution in [2.24, 2.45) is 5.92 Å². The van der Waals surface area contributed by atoms with Gasteiger partial charge in [-0.25, -0.2) is 4.98 Å². The first-order valence-electron chi connectivity index (χ1n) is 8.69. The minimum absolute atomic E-state index is 0.361. The summed E-state index contributed by atoms with van der Waals surface area (Å²) in [5, 5.41) is 19.0. The highest BCUT2D eigenvalue weighted by molar-refractivity contribution is 5.86. The third-order valence-corrected chi connectivity index (χ3v) is 5.50. The van der Waals surface area contributed by atoms with Gasteiger partial charge in [0.15, 0.2) is 0 Å². The van der Waals surface area contributed by atoms with Gasteiger partial charge in [0, 0.05) is 20.1 Å². The van der Waals surface area contributed by atoms with E-state index in [0.717, 1.165) is 30.1 Å². The molecule has 0 saturated heterocycles. The molecule has 0 aromatic carbocycles. The van der Waals surface area contributed by atoms with Crippen LogP contribution in [-0.4, -0.2) is 30.0 Å². The minimum atomic E-state index is 0.361. The average molecular weight is 333 g/mol. The second kappa shape index (κ2) is 6.61. The van der Waals surface area contributed by atoms with Crippen LogP contribution in [0, 0.1) is 28.6 Å². The Balaban J connectivity index is 2.12. The molecular formula is C20H23N5. The summed E-state index contributed by atoms with van der Waals surface area (Å²) in [6.07, 6.45) is 4.61. The number of pyridine rings is 1. The lowest BCUT2D eigenvalue weighted by Crippen LogP contribution is -2.37. The first-order chi connectivity index (χ1) is 12.0. The molecule has 0 amide bonds. The van der Waals surface area contributed by atoms with Crippen molar-refractivity contribution >= 4 is 11.4 Å². The van der Waals surface area contributed by atoms with Gasteiger partial charge in [-0.2, -0.15) is 10.5 Å². The van der Waals surface area contributed by atoms with Gasteiger partial charge in [-0.05, 0) is 43.7 Å². The molecule has 128 valence electrons. The van der Waals surface area contributed by atoms with Gasteiger partial charge in [0.2, 0.25) is 0 Å². The highest BCUT2D eigenvalue weighted by atomic mass is 15.2. The monoisotopic (exact) mass is 333 g/mol. The predicted molar refractivity (Wildman–Crippen MR) is 98.2 cm³/mol. The van der Waals surface area contributed by atoms with E-state index in [1.165, 1.54) is 12.8 Å².